The van der Waals surface area contributed by atoms with Crippen LogP contribution in [0.5, 0.6) is 11.8 Å². The number of ether oxygens (including phenoxy) is 2. The van der Waals surface area contributed by atoms with E-state index >= 15 is 0 Å². The van der Waals surface area contributed by atoms with Gasteiger partial charge in [-0.1, -0.05) is 0 Å². The Kier molecular flexibility index (Phi) is 5.52. The van der Waals surface area contributed by atoms with Crippen molar-refractivity contribution in [1.29, 1.82) is 0 Å². The van der Waals surface area contributed by atoms with Crippen LogP contribution in [0.3, 0.4) is 0 Å². The Bertz CT molecular complexity index is 1180. The van der Waals surface area contributed by atoms with Gasteiger partial charge in [-0.2, -0.15) is 9.97 Å². The lowest BCUT2D eigenvalue weighted by molar-refractivity contribution is 0.398. The van der Waals surface area contributed by atoms with E-state index in [2.05, 4.69) is 35.2 Å². The molecule has 3 N–H and O–H groups in total. The number of nitrogens with zero attached hydrogens (tertiary/aromatic N) is 6. The molecule has 0 amide bonds. The van der Waals surface area contributed by atoms with Crippen molar-refractivity contribution in [3.05, 3.63) is 54.7 Å². The molecular weight excluding hydrogens is 396 g/mol. The summed E-state index contributed by atoms with van der Waals surface area (Å²) >= 11 is 0. The zero-order valence-corrected chi connectivity index (χ0v) is 17.2. The van der Waals surface area contributed by atoms with Crippen LogP contribution in [0, 0.1) is 6.92 Å². The first kappa shape index (κ1) is 20.0. The molecule has 0 unspecified atom stereocenters. The standard InChI is InChI=1S/C21H20N8O2/c1-12-26-20(29-21(22)27-12)16-8-14(13-4-6-17(30-2)23-9-13)10-25-19(16)28-15-5-7-18(31-3)24-11-15/h4-11H,1-3H3,(H,25,28)(H2,22,26,27,29). The normalized spacial score (nSPS) is 10.5. The highest BCUT2D eigenvalue weighted by atomic mass is 16.5. The highest BCUT2D eigenvalue weighted by molar-refractivity contribution is 5.79. The molecule has 10 nitrogen and oxygen atoms in total. The summed E-state index contributed by atoms with van der Waals surface area (Å²) in [6, 6.07) is 9.20. The van der Waals surface area contributed by atoms with Crippen LogP contribution in [0.15, 0.2) is 48.9 Å². The molecule has 0 aromatic carbocycles. The summed E-state index contributed by atoms with van der Waals surface area (Å²) in [7, 11) is 3.14. The maximum Gasteiger partial charge on any atom is 0.223 e. The number of aryl methyl sites for hydroxylation is 1. The second kappa shape index (κ2) is 8.57. The van der Waals surface area contributed by atoms with Crippen molar-refractivity contribution in [2.45, 2.75) is 6.92 Å². The third-order valence-corrected chi connectivity index (χ3v) is 4.38. The Morgan fingerprint density at radius 2 is 1.52 bits per heavy atom. The van der Waals surface area contributed by atoms with Gasteiger partial charge in [-0.05, 0) is 25.1 Å². The number of anilines is 3. The van der Waals surface area contributed by atoms with Gasteiger partial charge in [0, 0.05) is 35.7 Å². The second-order valence-corrected chi connectivity index (χ2v) is 6.49. The second-order valence-electron chi connectivity index (χ2n) is 6.49. The van der Waals surface area contributed by atoms with Gasteiger partial charge in [-0.15, -0.1) is 0 Å². The quantitative estimate of drug-likeness (QED) is 0.483. The maximum atomic E-state index is 5.86. The van der Waals surface area contributed by atoms with Gasteiger partial charge in [-0.3, -0.25) is 0 Å². The van der Waals surface area contributed by atoms with Crippen LogP contribution in [0.1, 0.15) is 5.82 Å². The summed E-state index contributed by atoms with van der Waals surface area (Å²) in [5.74, 6) is 2.64. The van der Waals surface area contributed by atoms with Crippen LogP contribution in [0.2, 0.25) is 0 Å². The average Bonchev–Trinajstić information content (AvgIpc) is 2.79. The van der Waals surface area contributed by atoms with E-state index in [0.717, 1.165) is 16.8 Å². The van der Waals surface area contributed by atoms with E-state index in [1.54, 1.807) is 51.9 Å². The number of nitrogens with two attached hydrogens (primary N) is 1. The lowest BCUT2D eigenvalue weighted by Crippen LogP contribution is -2.05. The Balaban J connectivity index is 1.79. The monoisotopic (exact) mass is 416 g/mol. The fourth-order valence-corrected chi connectivity index (χ4v) is 2.90. The van der Waals surface area contributed by atoms with Crippen LogP contribution >= 0.6 is 0 Å². The van der Waals surface area contributed by atoms with Gasteiger partial charge in [0.25, 0.3) is 0 Å². The number of methoxy groups -OCH3 is 2. The van der Waals surface area contributed by atoms with E-state index in [1.165, 1.54) is 0 Å². The van der Waals surface area contributed by atoms with Gasteiger partial charge >= 0.3 is 0 Å². The molecule has 0 atom stereocenters. The Labute approximate surface area is 178 Å². The summed E-state index contributed by atoms with van der Waals surface area (Å²) < 4.78 is 10.2. The van der Waals surface area contributed by atoms with Crippen LogP contribution in [0.4, 0.5) is 17.5 Å². The predicted molar refractivity (Wildman–Crippen MR) is 116 cm³/mol. The van der Waals surface area contributed by atoms with Crippen LogP contribution in [-0.4, -0.2) is 44.1 Å². The van der Waals surface area contributed by atoms with Crippen LogP contribution < -0.4 is 20.5 Å². The van der Waals surface area contributed by atoms with E-state index < -0.39 is 0 Å². The molecule has 0 bridgehead atoms. The zero-order chi connectivity index (χ0) is 21.8. The van der Waals surface area contributed by atoms with E-state index in [0.29, 0.717) is 34.8 Å². The van der Waals surface area contributed by atoms with Crippen molar-refractivity contribution < 1.29 is 9.47 Å². The minimum atomic E-state index is 0.135. The average molecular weight is 416 g/mol. The topological polar surface area (TPSA) is 134 Å². The van der Waals surface area contributed by atoms with Crippen LogP contribution in [-0.2, 0) is 0 Å². The fourth-order valence-electron chi connectivity index (χ4n) is 2.90. The van der Waals surface area contributed by atoms with E-state index in [4.69, 9.17) is 15.2 Å². The summed E-state index contributed by atoms with van der Waals surface area (Å²) in [4.78, 5) is 25.9. The van der Waals surface area contributed by atoms with E-state index in [-0.39, 0.29) is 5.95 Å². The highest BCUT2D eigenvalue weighted by Crippen LogP contribution is 2.31. The van der Waals surface area contributed by atoms with Crippen LogP contribution in [0.25, 0.3) is 22.5 Å². The minimum Gasteiger partial charge on any atom is -0.481 e. The molecule has 0 aliphatic heterocycles. The first-order valence-corrected chi connectivity index (χ1v) is 9.32. The molecule has 31 heavy (non-hydrogen) atoms. The maximum absolute atomic E-state index is 5.86. The third-order valence-electron chi connectivity index (χ3n) is 4.38. The molecular formula is C21H20N8O2. The lowest BCUT2D eigenvalue weighted by Gasteiger charge is -2.13. The largest absolute Gasteiger partial charge is 0.481 e. The summed E-state index contributed by atoms with van der Waals surface area (Å²) in [6.45, 7) is 1.76. The minimum absolute atomic E-state index is 0.135. The van der Waals surface area contributed by atoms with E-state index in [1.807, 2.05) is 18.2 Å². The van der Waals surface area contributed by atoms with Gasteiger partial charge in [0.1, 0.15) is 11.6 Å². The number of aromatic nitrogens is 6. The lowest BCUT2D eigenvalue weighted by atomic mass is 10.1. The SMILES string of the molecule is COc1ccc(Nc2ncc(-c3ccc(OC)nc3)cc2-c2nc(C)nc(N)n2)cn1. The van der Waals surface area contributed by atoms with Crippen molar-refractivity contribution >= 4 is 17.5 Å². The Hall–Kier alpha value is -4.34. The number of nitrogens with one attached hydrogen (secondary N) is 1. The fraction of sp³-hybridized carbons (Fsp3) is 0.143. The first-order chi connectivity index (χ1) is 15.1. The molecule has 0 aliphatic carbocycles. The zero-order valence-electron chi connectivity index (χ0n) is 17.2. The number of rotatable bonds is 6. The highest BCUT2D eigenvalue weighted by Gasteiger charge is 2.14. The van der Waals surface area contributed by atoms with Crippen molar-refractivity contribution in [2.75, 3.05) is 25.3 Å². The molecule has 0 aliphatic rings. The third kappa shape index (κ3) is 4.47. The molecule has 0 saturated heterocycles. The summed E-state index contributed by atoms with van der Waals surface area (Å²) in [5.41, 5.74) is 8.94. The predicted octanol–water partition coefficient (Wildman–Crippen LogP) is 3.04. The Morgan fingerprint density at radius 1 is 0.806 bits per heavy atom. The molecule has 4 heterocycles. The van der Waals surface area contributed by atoms with Gasteiger partial charge in [0.05, 0.1) is 31.7 Å². The molecule has 4 aromatic heterocycles. The molecule has 0 spiro atoms. The molecule has 156 valence electrons. The number of pyridine rings is 3. The molecule has 0 fully saturated rings. The molecule has 4 aromatic rings. The van der Waals surface area contributed by atoms with E-state index in [9.17, 15) is 0 Å². The smallest absolute Gasteiger partial charge is 0.223 e. The molecule has 10 heteroatoms. The summed E-state index contributed by atoms with van der Waals surface area (Å²) in [5, 5.41) is 3.25. The molecule has 0 saturated carbocycles. The van der Waals surface area contributed by atoms with Crippen molar-refractivity contribution in [2.24, 2.45) is 0 Å². The molecule has 4 rings (SSSR count). The Morgan fingerprint density at radius 3 is 2.13 bits per heavy atom. The van der Waals surface area contributed by atoms with Gasteiger partial charge in [0.15, 0.2) is 5.82 Å². The van der Waals surface area contributed by atoms with Gasteiger partial charge < -0.3 is 20.5 Å². The summed E-state index contributed by atoms with van der Waals surface area (Å²) in [6.07, 6.45) is 5.11. The van der Waals surface area contributed by atoms with Gasteiger partial charge in [0.2, 0.25) is 17.7 Å². The van der Waals surface area contributed by atoms with Crippen molar-refractivity contribution in [3.63, 3.8) is 0 Å². The van der Waals surface area contributed by atoms with Gasteiger partial charge in [-0.25, -0.2) is 19.9 Å². The van der Waals surface area contributed by atoms with Crippen molar-refractivity contribution in [1.82, 2.24) is 29.9 Å². The molecule has 0 radical (unpaired) electrons. The van der Waals surface area contributed by atoms with Crippen molar-refractivity contribution in [3.8, 4) is 34.3 Å². The number of nitrogen functional groups attached to an aromatic ring is 1. The number of hydrogen-bond acceptors (Lipinski definition) is 10. The number of hydrogen-bond donors (Lipinski definition) is 2. The first-order valence-electron chi connectivity index (χ1n) is 9.32.